The van der Waals surface area contributed by atoms with Crippen molar-refractivity contribution in [1.29, 1.82) is 0 Å². The van der Waals surface area contributed by atoms with E-state index in [1.54, 1.807) is 24.3 Å². The number of aromatic hydroxyl groups is 1. The molecule has 0 aromatic heterocycles. The van der Waals surface area contributed by atoms with E-state index in [-0.39, 0.29) is 11.7 Å². The monoisotopic (exact) mass is 363 g/mol. The van der Waals surface area contributed by atoms with E-state index in [0.717, 1.165) is 9.13 Å². The lowest BCUT2D eigenvalue weighted by atomic mass is 10.2. The van der Waals surface area contributed by atoms with Crippen LogP contribution in [0, 0.1) is 3.57 Å². The summed E-state index contributed by atoms with van der Waals surface area (Å²) in [7, 11) is 0. The fraction of sp³-hybridized carbons (Fsp3) is 0. The minimum Gasteiger partial charge on any atom is -0.507 e. The van der Waals surface area contributed by atoms with Crippen molar-refractivity contribution in [1.82, 2.24) is 5.32 Å². The first kappa shape index (κ1) is 11.9. The molecular formula is C10H6INO2S2. The molecule has 1 saturated heterocycles. The van der Waals surface area contributed by atoms with Gasteiger partial charge in [0.25, 0.3) is 5.91 Å². The molecule has 0 radical (unpaired) electrons. The Morgan fingerprint density at radius 1 is 1.50 bits per heavy atom. The number of carbonyl (C=O) groups excluding carboxylic acids is 1. The topological polar surface area (TPSA) is 49.3 Å². The van der Waals surface area contributed by atoms with Crippen LogP contribution in [0.25, 0.3) is 6.08 Å². The Morgan fingerprint density at radius 2 is 2.25 bits per heavy atom. The van der Waals surface area contributed by atoms with E-state index in [2.05, 4.69) is 5.32 Å². The number of halogens is 1. The predicted molar refractivity (Wildman–Crippen MR) is 77.1 cm³/mol. The summed E-state index contributed by atoms with van der Waals surface area (Å²) in [6.07, 6.45) is 1.75. The van der Waals surface area contributed by atoms with Crippen molar-refractivity contribution in [3.05, 3.63) is 32.2 Å². The zero-order valence-electron chi connectivity index (χ0n) is 7.86. The molecule has 6 heteroatoms. The Labute approximate surface area is 115 Å². The number of hydrogen-bond acceptors (Lipinski definition) is 4. The van der Waals surface area contributed by atoms with Gasteiger partial charge in [0.15, 0.2) is 0 Å². The van der Waals surface area contributed by atoms with E-state index in [9.17, 15) is 9.90 Å². The number of carbonyl (C=O) groups is 1. The summed E-state index contributed by atoms with van der Waals surface area (Å²) in [4.78, 5) is 12.0. The van der Waals surface area contributed by atoms with Gasteiger partial charge in [-0.25, -0.2) is 0 Å². The van der Waals surface area contributed by atoms with Crippen LogP contribution in [0.1, 0.15) is 5.56 Å². The second-order valence-electron chi connectivity index (χ2n) is 3.06. The number of phenolic OH excluding ortho intramolecular Hbond substituents is 1. The van der Waals surface area contributed by atoms with Crippen LogP contribution >= 0.6 is 46.6 Å². The molecule has 1 aromatic rings. The molecule has 1 fully saturated rings. The van der Waals surface area contributed by atoms with E-state index in [1.807, 2.05) is 22.6 Å². The van der Waals surface area contributed by atoms with Crippen molar-refractivity contribution in [2.45, 2.75) is 0 Å². The number of phenols is 1. The highest BCUT2D eigenvalue weighted by Gasteiger charge is 2.21. The summed E-state index contributed by atoms with van der Waals surface area (Å²) in [5.74, 6) is 0.0693. The van der Waals surface area contributed by atoms with Crippen molar-refractivity contribution >= 4 is 62.9 Å². The molecule has 0 aliphatic carbocycles. The van der Waals surface area contributed by atoms with Gasteiger partial charge in [-0.3, -0.25) is 4.79 Å². The molecule has 0 bridgehead atoms. The lowest BCUT2D eigenvalue weighted by molar-refractivity contribution is -0.115. The van der Waals surface area contributed by atoms with Gasteiger partial charge in [-0.1, -0.05) is 30.0 Å². The van der Waals surface area contributed by atoms with E-state index < -0.39 is 0 Å². The highest BCUT2D eigenvalue weighted by Crippen LogP contribution is 2.27. The average Bonchev–Trinajstić information content (AvgIpc) is 2.51. The number of benzene rings is 1. The molecule has 3 nitrogen and oxygen atoms in total. The maximum atomic E-state index is 11.4. The predicted octanol–water partition coefficient (Wildman–Crippen LogP) is 2.49. The van der Waals surface area contributed by atoms with Gasteiger partial charge < -0.3 is 10.4 Å². The Hall–Kier alpha value is -0.600. The largest absolute Gasteiger partial charge is 0.507 e. The van der Waals surface area contributed by atoms with Crippen molar-refractivity contribution in [3.63, 3.8) is 0 Å². The van der Waals surface area contributed by atoms with E-state index in [1.165, 1.54) is 11.8 Å². The van der Waals surface area contributed by atoms with Gasteiger partial charge in [-0.15, -0.1) is 0 Å². The minimum atomic E-state index is -0.168. The summed E-state index contributed by atoms with van der Waals surface area (Å²) in [6, 6.07) is 5.15. The maximum Gasteiger partial charge on any atom is 0.263 e. The molecule has 1 amide bonds. The van der Waals surface area contributed by atoms with Crippen LogP contribution in [0.15, 0.2) is 23.1 Å². The summed E-state index contributed by atoms with van der Waals surface area (Å²) >= 11 is 8.16. The van der Waals surface area contributed by atoms with Crippen LogP contribution in [-0.4, -0.2) is 15.3 Å². The molecule has 0 atom stereocenters. The van der Waals surface area contributed by atoms with E-state index in [0.29, 0.717) is 9.23 Å². The number of thiocarbonyl (C=S) groups is 1. The van der Waals surface area contributed by atoms with Crippen molar-refractivity contribution in [3.8, 4) is 5.75 Å². The molecule has 1 heterocycles. The fourth-order valence-corrected chi connectivity index (χ4v) is 2.77. The zero-order valence-corrected chi connectivity index (χ0v) is 11.6. The van der Waals surface area contributed by atoms with Gasteiger partial charge in [-0.2, -0.15) is 0 Å². The van der Waals surface area contributed by atoms with Gasteiger partial charge in [0, 0.05) is 0 Å². The lowest BCUT2D eigenvalue weighted by Crippen LogP contribution is -2.17. The SMILES string of the molecule is O=C1NC(=S)S/C1=C/c1ccc(O)c(I)c1. The minimum absolute atomic E-state index is 0.168. The molecule has 2 rings (SSSR count). The molecule has 82 valence electrons. The van der Waals surface area contributed by atoms with Gasteiger partial charge in [0.05, 0.1) is 8.48 Å². The fourth-order valence-electron chi connectivity index (χ4n) is 1.19. The third kappa shape index (κ3) is 2.55. The highest BCUT2D eigenvalue weighted by atomic mass is 127. The molecule has 1 aliphatic rings. The number of nitrogens with one attached hydrogen (secondary N) is 1. The van der Waals surface area contributed by atoms with Crippen molar-refractivity contribution in [2.75, 3.05) is 0 Å². The summed E-state index contributed by atoms with van der Waals surface area (Å²) < 4.78 is 1.22. The van der Waals surface area contributed by atoms with Crippen LogP contribution in [0.3, 0.4) is 0 Å². The van der Waals surface area contributed by atoms with Crippen molar-refractivity contribution in [2.24, 2.45) is 0 Å². The molecule has 0 spiro atoms. The zero-order chi connectivity index (χ0) is 11.7. The van der Waals surface area contributed by atoms with Crippen LogP contribution < -0.4 is 5.32 Å². The second-order valence-corrected chi connectivity index (χ2v) is 5.94. The van der Waals surface area contributed by atoms with Crippen molar-refractivity contribution < 1.29 is 9.90 Å². The Morgan fingerprint density at radius 3 is 2.81 bits per heavy atom. The first-order chi connectivity index (χ1) is 7.56. The third-order valence-electron chi connectivity index (χ3n) is 1.91. The molecule has 16 heavy (non-hydrogen) atoms. The van der Waals surface area contributed by atoms with Crippen LogP contribution in [-0.2, 0) is 4.79 Å². The van der Waals surface area contributed by atoms with Gasteiger partial charge >= 0.3 is 0 Å². The smallest absolute Gasteiger partial charge is 0.263 e. The number of thioether (sulfide) groups is 1. The van der Waals surface area contributed by atoms with E-state index in [4.69, 9.17) is 12.2 Å². The molecule has 1 aliphatic heterocycles. The molecular weight excluding hydrogens is 357 g/mol. The van der Waals surface area contributed by atoms with E-state index >= 15 is 0 Å². The third-order valence-corrected chi connectivity index (χ3v) is 3.94. The number of amides is 1. The number of hydrogen-bond donors (Lipinski definition) is 2. The Balaban J connectivity index is 2.32. The quantitative estimate of drug-likeness (QED) is 0.457. The van der Waals surface area contributed by atoms with Crippen LogP contribution in [0.5, 0.6) is 5.75 Å². The Bertz CT molecular complexity index is 514. The van der Waals surface area contributed by atoms with Gasteiger partial charge in [0.1, 0.15) is 10.1 Å². The second kappa shape index (κ2) is 4.72. The molecule has 0 saturated carbocycles. The summed E-state index contributed by atoms with van der Waals surface area (Å²) in [5.41, 5.74) is 0.865. The Kier molecular flexibility index (Phi) is 3.50. The first-order valence-corrected chi connectivity index (χ1v) is 6.60. The average molecular weight is 363 g/mol. The highest BCUT2D eigenvalue weighted by molar-refractivity contribution is 14.1. The standard InChI is InChI=1S/C10H6INO2S2/c11-6-3-5(1-2-7(6)13)4-8-9(14)12-10(15)16-8/h1-4,13H,(H,12,14,15)/b8-4+. The molecule has 2 N–H and O–H groups in total. The normalized spacial score (nSPS) is 17.9. The lowest BCUT2D eigenvalue weighted by Gasteiger charge is -1.99. The van der Waals surface area contributed by atoms with Gasteiger partial charge in [0.2, 0.25) is 0 Å². The summed E-state index contributed by atoms with van der Waals surface area (Å²) in [6.45, 7) is 0. The van der Waals surface area contributed by atoms with Crippen LogP contribution in [0.4, 0.5) is 0 Å². The molecule has 0 unspecified atom stereocenters. The first-order valence-electron chi connectivity index (χ1n) is 4.29. The molecule has 1 aromatic carbocycles. The van der Waals surface area contributed by atoms with Crippen LogP contribution in [0.2, 0.25) is 0 Å². The van der Waals surface area contributed by atoms with Gasteiger partial charge in [-0.05, 0) is 46.4 Å². The number of rotatable bonds is 1. The maximum absolute atomic E-state index is 11.4. The summed E-state index contributed by atoms with van der Waals surface area (Å²) in [5, 5.41) is 11.9.